The van der Waals surface area contributed by atoms with Gasteiger partial charge in [0.1, 0.15) is 0 Å². The molecule has 4 N–H and O–H groups in total. The number of carbonyl (C=O) groups excluding carboxylic acids is 1. The molecule has 1 rings (SSSR count). The number of nitrogens with two attached hydrogens (primary N) is 1. The van der Waals surface area contributed by atoms with Crippen LogP contribution < -0.4 is 11.1 Å². The van der Waals surface area contributed by atoms with Crippen molar-refractivity contribution < 1.29 is 14.7 Å². The van der Waals surface area contributed by atoms with Gasteiger partial charge in [-0.1, -0.05) is 0 Å². The van der Waals surface area contributed by atoms with E-state index in [1.54, 1.807) is 0 Å². The maximum absolute atomic E-state index is 10.9. The molecule has 14 heavy (non-hydrogen) atoms. The first-order chi connectivity index (χ1) is 6.63. The average molecular weight is 195 g/mol. The smallest absolute Gasteiger partial charge is 0.337 e. The zero-order chi connectivity index (χ0) is 10.6. The van der Waals surface area contributed by atoms with Crippen LogP contribution in [-0.4, -0.2) is 28.5 Å². The predicted molar refractivity (Wildman–Crippen MR) is 48.9 cm³/mol. The number of aromatic carboxylic acids is 1. The van der Waals surface area contributed by atoms with E-state index in [0.717, 1.165) is 0 Å². The standard InChI is InChI=1S/C8H9N3O3/c9-2-7(12)11-6-1-5(8(13)14)3-10-4-6/h1,3-4H,2,9H2,(H,11,12)(H,13,14). The van der Waals surface area contributed by atoms with E-state index in [2.05, 4.69) is 10.3 Å². The summed E-state index contributed by atoms with van der Waals surface area (Å²) >= 11 is 0. The molecule has 0 saturated heterocycles. The third kappa shape index (κ3) is 2.53. The SMILES string of the molecule is NCC(=O)Nc1cncc(C(=O)O)c1. The fraction of sp³-hybridized carbons (Fsp3) is 0.125. The van der Waals surface area contributed by atoms with Crippen LogP contribution in [0, 0.1) is 0 Å². The van der Waals surface area contributed by atoms with Crippen molar-refractivity contribution in [2.75, 3.05) is 11.9 Å². The van der Waals surface area contributed by atoms with Gasteiger partial charge >= 0.3 is 5.97 Å². The van der Waals surface area contributed by atoms with Crippen LogP contribution >= 0.6 is 0 Å². The molecule has 74 valence electrons. The zero-order valence-electron chi connectivity index (χ0n) is 7.23. The molecule has 1 amide bonds. The van der Waals surface area contributed by atoms with Crippen LogP contribution in [0.3, 0.4) is 0 Å². The van der Waals surface area contributed by atoms with E-state index < -0.39 is 11.9 Å². The second kappa shape index (κ2) is 4.33. The molecule has 1 aromatic heterocycles. The minimum atomic E-state index is -1.10. The number of nitrogens with zero attached hydrogens (tertiary/aromatic N) is 1. The van der Waals surface area contributed by atoms with Crippen LogP contribution in [-0.2, 0) is 4.79 Å². The van der Waals surface area contributed by atoms with Gasteiger partial charge in [-0.05, 0) is 6.07 Å². The number of carboxylic acid groups (broad SMARTS) is 1. The lowest BCUT2D eigenvalue weighted by Crippen LogP contribution is -2.22. The molecule has 0 unspecified atom stereocenters. The molecule has 0 aliphatic carbocycles. The van der Waals surface area contributed by atoms with Crippen molar-refractivity contribution in [3.8, 4) is 0 Å². The summed E-state index contributed by atoms with van der Waals surface area (Å²) in [5.74, 6) is -1.49. The van der Waals surface area contributed by atoms with Crippen molar-refractivity contribution in [2.24, 2.45) is 5.73 Å². The van der Waals surface area contributed by atoms with Crippen LogP contribution in [0.15, 0.2) is 18.5 Å². The minimum Gasteiger partial charge on any atom is -0.478 e. The first-order valence-electron chi connectivity index (χ1n) is 3.81. The third-order valence-corrected chi connectivity index (χ3v) is 1.45. The Balaban J connectivity index is 2.83. The summed E-state index contributed by atoms with van der Waals surface area (Å²) in [6.45, 7) is -0.155. The molecule has 1 heterocycles. The highest BCUT2D eigenvalue weighted by Gasteiger charge is 2.05. The fourth-order valence-electron chi connectivity index (χ4n) is 0.837. The monoisotopic (exact) mass is 195 g/mol. The number of aromatic nitrogens is 1. The van der Waals surface area contributed by atoms with Gasteiger partial charge in [-0.15, -0.1) is 0 Å². The molecule has 0 fully saturated rings. The lowest BCUT2D eigenvalue weighted by molar-refractivity contribution is -0.114. The van der Waals surface area contributed by atoms with Crippen molar-refractivity contribution in [3.05, 3.63) is 24.0 Å². The molecule has 0 aliphatic heterocycles. The molecule has 0 aliphatic rings. The second-order valence-electron chi connectivity index (χ2n) is 2.52. The van der Waals surface area contributed by atoms with Gasteiger partial charge in [-0.3, -0.25) is 9.78 Å². The van der Waals surface area contributed by atoms with E-state index in [1.807, 2.05) is 0 Å². The first kappa shape index (κ1) is 10.1. The molecular formula is C8H9N3O3. The Morgan fingerprint density at radius 1 is 1.50 bits per heavy atom. The Bertz CT molecular complexity index is 365. The summed E-state index contributed by atoms with van der Waals surface area (Å²) in [7, 11) is 0. The maximum Gasteiger partial charge on any atom is 0.337 e. The maximum atomic E-state index is 10.9. The zero-order valence-corrected chi connectivity index (χ0v) is 7.23. The summed E-state index contributed by atoms with van der Waals surface area (Å²) in [5.41, 5.74) is 5.40. The highest BCUT2D eigenvalue weighted by atomic mass is 16.4. The van der Waals surface area contributed by atoms with Gasteiger partial charge in [0, 0.05) is 6.20 Å². The number of nitrogens with one attached hydrogen (secondary N) is 1. The van der Waals surface area contributed by atoms with Crippen molar-refractivity contribution in [1.29, 1.82) is 0 Å². The van der Waals surface area contributed by atoms with Crippen LogP contribution in [0.1, 0.15) is 10.4 Å². The molecule has 0 aromatic carbocycles. The fourth-order valence-corrected chi connectivity index (χ4v) is 0.837. The topological polar surface area (TPSA) is 105 Å². The number of anilines is 1. The number of amides is 1. The number of pyridine rings is 1. The van der Waals surface area contributed by atoms with Crippen molar-refractivity contribution >= 4 is 17.6 Å². The molecule has 0 radical (unpaired) electrons. The number of carboxylic acids is 1. The molecule has 0 saturated carbocycles. The van der Waals surface area contributed by atoms with Gasteiger partial charge in [0.2, 0.25) is 5.91 Å². The van der Waals surface area contributed by atoms with E-state index in [0.29, 0.717) is 5.69 Å². The summed E-state index contributed by atoms with van der Waals surface area (Å²) in [5, 5.41) is 11.0. The van der Waals surface area contributed by atoms with Gasteiger partial charge in [0.05, 0.1) is 24.0 Å². The summed E-state index contributed by atoms with van der Waals surface area (Å²) < 4.78 is 0. The number of hydrogen-bond donors (Lipinski definition) is 3. The number of rotatable bonds is 3. The number of hydrogen-bond acceptors (Lipinski definition) is 4. The molecule has 6 heteroatoms. The van der Waals surface area contributed by atoms with Crippen molar-refractivity contribution in [3.63, 3.8) is 0 Å². The van der Waals surface area contributed by atoms with Crippen molar-refractivity contribution in [2.45, 2.75) is 0 Å². The summed E-state index contributed by atoms with van der Waals surface area (Å²) in [6, 6.07) is 1.31. The van der Waals surface area contributed by atoms with Crippen LogP contribution in [0.25, 0.3) is 0 Å². The summed E-state index contributed by atoms with van der Waals surface area (Å²) in [6.07, 6.45) is 2.54. The van der Waals surface area contributed by atoms with Gasteiger partial charge in [0.15, 0.2) is 0 Å². The van der Waals surface area contributed by atoms with Crippen molar-refractivity contribution in [1.82, 2.24) is 4.98 Å². The largest absolute Gasteiger partial charge is 0.478 e. The molecule has 1 aromatic rings. The van der Waals surface area contributed by atoms with Crippen LogP contribution in [0.2, 0.25) is 0 Å². The molecule has 0 atom stereocenters. The Kier molecular flexibility index (Phi) is 3.14. The molecule has 0 bridgehead atoms. The summed E-state index contributed by atoms with van der Waals surface area (Å²) in [4.78, 5) is 25.0. The van der Waals surface area contributed by atoms with Gasteiger partial charge in [-0.2, -0.15) is 0 Å². The Morgan fingerprint density at radius 3 is 2.79 bits per heavy atom. The Morgan fingerprint density at radius 2 is 2.21 bits per heavy atom. The molecule has 6 nitrogen and oxygen atoms in total. The highest BCUT2D eigenvalue weighted by molar-refractivity contribution is 5.94. The van der Waals surface area contributed by atoms with Crippen LogP contribution in [0.4, 0.5) is 5.69 Å². The van der Waals surface area contributed by atoms with Gasteiger partial charge in [-0.25, -0.2) is 4.79 Å². The highest BCUT2D eigenvalue weighted by Crippen LogP contribution is 2.07. The Hall–Kier alpha value is -1.95. The van der Waals surface area contributed by atoms with Crippen LogP contribution in [0.5, 0.6) is 0 Å². The van der Waals surface area contributed by atoms with E-state index in [9.17, 15) is 9.59 Å². The quantitative estimate of drug-likeness (QED) is 0.612. The Labute approximate surface area is 79.8 Å². The number of carbonyl (C=O) groups is 2. The third-order valence-electron chi connectivity index (χ3n) is 1.45. The second-order valence-corrected chi connectivity index (χ2v) is 2.52. The van der Waals surface area contributed by atoms with E-state index in [-0.39, 0.29) is 12.1 Å². The minimum absolute atomic E-state index is 0.0137. The first-order valence-corrected chi connectivity index (χ1v) is 3.81. The molecular weight excluding hydrogens is 186 g/mol. The van der Waals surface area contributed by atoms with E-state index >= 15 is 0 Å². The normalized spacial score (nSPS) is 9.50. The molecule has 0 spiro atoms. The van der Waals surface area contributed by atoms with Gasteiger partial charge in [0.25, 0.3) is 0 Å². The predicted octanol–water partition coefficient (Wildman–Crippen LogP) is -0.323. The lowest BCUT2D eigenvalue weighted by atomic mass is 10.2. The van der Waals surface area contributed by atoms with Gasteiger partial charge < -0.3 is 16.2 Å². The lowest BCUT2D eigenvalue weighted by Gasteiger charge is -2.02. The van der Waals surface area contributed by atoms with E-state index in [4.69, 9.17) is 10.8 Å². The average Bonchev–Trinajstić information content (AvgIpc) is 2.18. The van der Waals surface area contributed by atoms with E-state index in [1.165, 1.54) is 18.5 Å².